The number of ether oxygens (including phenoxy) is 2. The first kappa shape index (κ1) is 24.8. The average molecular weight is 501 g/mol. The van der Waals surface area contributed by atoms with E-state index >= 15 is 0 Å². The van der Waals surface area contributed by atoms with Crippen molar-refractivity contribution in [2.24, 2.45) is 0 Å². The van der Waals surface area contributed by atoms with Gasteiger partial charge in [0.25, 0.3) is 11.8 Å². The highest BCUT2D eigenvalue weighted by molar-refractivity contribution is 6.08. The smallest absolute Gasteiger partial charge is 0.255 e. The number of nitrogens with one attached hydrogen (secondary N) is 3. The molecule has 5 rings (SSSR count). The quantitative estimate of drug-likeness (QED) is 0.453. The van der Waals surface area contributed by atoms with E-state index in [0.717, 1.165) is 49.5 Å². The summed E-state index contributed by atoms with van der Waals surface area (Å²) in [4.78, 5) is 28.3. The van der Waals surface area contributed by atoms with E-state index in [2.05, 4.69) is 20.9 Å². The number of morpholine rings is 1. The summed E-state index contributed by atoms with van der Waals surface area (Å²) in [7, 11) is 0. The van der Waals surface area contributed by atoms with Crippen LogP contribution in [0.15, 0.2) is 66.7 Å². The van der Waals surface area contributed by atoms with Crippen molar-refractivity contribution in [3.63, 3.8) is 0 Å². The Morgan fingerprint density at radius 2 is 1.73 bits per heavy atom. The lowest BCUT2D eigenvalue weighted by Crippen LogP contribution is -2.36. The molecule has 0 spiro atoms. The monoisotopic (exact) mass is 500 g/mol. The second-order valence-electron chi connectivity index (χ2n) is 9.35. The molecule has 2 heterocycles. The van der Waals surface area contributed by atoms with E-state index in [1.807, 2.05) is 49.4 Å². The van der Waals surface area contributed by atoms with Gasteiger partial charge in [-0.05, 0) is 74.0 Å². The highest BCUT2D eigenvalue weighted by Crippen LogP contribution is 2.24. The first-order valence-electron chi connectivity index (χ1n) is 12.7. The van der Waals surface area contributed by atoms with Crippen LogP contribution in [0.4, 0.5) is 17.1 Å². The van der Waals surface area contributed by atoms with Crippen LogP contribution in [0.25, 0.3) is 0 Å². The molecule has 3 aromatic rings. The molecule has 0 saturated carbocycles. The maximum absolute atomic E-state index is 13.1. The zero-order valence-electron chi connectivity index (χ0n) is 21.0. The molecule has 8 heteroatoms. The fourth-order valence-corrected chi connectivity index (χ4v) is 4.53. The molecule has 2 amide bonds. The van der Waals surface area contributed by atoms with E-state index in [4.69, 9.17) is 9.47 Å². The maximum atomic E-state index is 13.1. The van der Waals surface area contributed by atoms with Crippen molar-refractivity contribution in [3.05, 3.63) is 83.4 Å². The molecule has 192 valence electrons. The fraction of sp³-hybridized carbons (Fsp3) is 0.310. The van der Waals surface area contributed by atoms with E-state index in [-0.39, 0.29) is 17.9 Å². The molecule has 0 aromatic heterocycles. The Labute approximate surface area is 217 Å². The summed E-state index contributed by atoms with van der Waals surface area (Å²) >= 11 is 0. The molecule has 1 atom stereocenters. The number of rotatable bonds is 7. The number of aryl methyl sites for hydroxylation is 1. The second kappa shape index (κ2) is 11.5. The minimum absolute atomic E-state index is 0.116. The first-order valence-corrected chi connectivity index (χ1v) is 12.7. The summed E-state index contributed by atoms with van der Waals surface area (Å²) in [5.74, 6) is 0.176. The van der Waals surface area contributed by atoms with Crippen molar-refractivity contribution < 1.29 is 19.1 Å². The molecule has 2 fully saturated rings. The van der Waals surface area contributed by atoms with Gasteiger partial charge in [-0.2, -0.15) is 0 Å². The van der Waals surface area contributed by atoms with Crippen LogP contribution in [-0.2, 0) is 4.74 Å². The summed E-state index contributed by atoms with van der Waals surface area (Å²) in [6, 6.07) is 20.3. The molecule has 37 heavy (non-hydrogen) atoms. The first-order chi connectivity index (χ1) is 18.0. The van der Waals surface area contributed by atoms with E-state index in [9.17, 15) is 9.59 Å². The van der Waals surface area contributed by atoms with Crippen LogP contribution in [0.1, 0.15) is 32.7 Å². The normalized spacial score (nSPS) is 17.3. The molecule has 2 aliphatic heterocycles. The SMILES string of the molecule is Cc1ccc(C(=O)Nc2cccc(N3CCOCC3)c2)cc1NC(=O)c1cccc(OC2CCNC2)c1. The number of benzene rings is 3. The highest BCUT2D eigenvalue weighted by atomic mass is 16.5. The molecule has 3 aromatic carbocycles. The third-order valence-corrected chi connectivity index (χ3v) is 6.64. The topological polar surface area (TPSA) is 91.9 Å². The molecule has 0 radical (unpaired) electrons. The van der Waals surface area contributed by atoms with Gasteiger partial charge in [0.05, 0.1) is 13.2 Å². The lowest BCUT2D eigenvalue weighted by molar-refractivity contribution is 0.101. The Hall–Kier alpha value is -3.88. The Kier molecular flexibility index (Phi) is 7.67. The van der Waals surface area contributed by atoms with Crippen LogP contribution in [0, 0.1) is 6.92 Å². The zero-order valence-corrected chi connectivity index (χ0v) is 21.0. The molecular formula is C29H32N4O4. The molecule has 0 aliphatic carbocycles. The van der Waals surface area contributed by atoms with Crippen LogP contribution >= 0.6 is 0 Å². The van der Waals surface area contributed by atoms with Crippen molar-refractivity contribution in [1.29, 1.82) is 0 Å². The molecule has 1 unspecified atom stereocenters. The van der Waals surface area contributed by atoms with Crippen LogP contribution in [-0.4, -0.2) is 57.3 Å². The highest BCUT2D eigenvalue weighted by Gasteiger charge is 2.18. The maximum Gasteiger partial charge on any atom is 0.255 e. The molecule has 3 N–H and O–H groups in total. The van der Waals surface area contributed by atoms with Gasteiger partial charge in [0, 0.05) is 47.8 Å². The number of carbonyl (C=O) groups excluding carboxylic acids is 2. The third kappa shape index (κ3) is 6.28. The van der Waals surface area contributed by atoms with Gasteiger partial charge in [0.1, 0.15) is 11.9 Å². The van der Waals surface area contributed by atoms with Gasteiger partial charge < -0.3 is 30.3 Å². The minimum atomic E-state index is -0.256. The largest absolute Gasteiger partial charge is 0.489 e. The summed E-state index contributed by atoms with van der Waals surface area (Å²) < 4.78 is 11.4. The van der Waals surface area contributed by atoms with E-state index in [1.54, 1.807) is 24.3 Å². The second-order valence-corrected chi connectivity index (χ2v) is 9.35. The van der Waals surface area contributed by atoms with Gasteiger partial charge in [-0.25, -0.2) is 0 Å². The third-order valence-electron chi connectivity index (χ3n) is 6.64. The standard InChI is InChI=1S/C29H32N4O4/c1-20-8-9-22(28(34)31-23-5-3-6-24(18-23)33-12-14-36-15-13-33)17-27(20)32-29(35)21-4-2-7-25(16-21)37-26-10-11-30-19-26/h2-9,16-18,26,30H,10-15,19H2,1H3,(H,31,34)(H,32,35). The summed E-state index contributed by atoms with van der Waals surface area (Å²) in [6.07, 6.45) is 1.06. The predicted molar refractivity (Wildman–Crippen MR) is 145 cm³/mol. The van der Waals surface area contributed by atoms with Crippen LogP contribution in [0.5, 0.6) is 5.75 Å². The van der Waals surface area contributed by atoms with Crippen molar-refractivity contribution in [2.75, 3.05) is 54.9 Å². The van der Waals surface area contributed by atoms with Gasteiger partial charge in [-0.3, -0.25) is 9.59 Å². The Balaban J connectivity index is 1.26. The summed E-state index contributed by atoms with van der Waals surface area (Å²) in [5, 5.41) is 9.21. The number of hydrogen-bond acceptors (Lipinski definition) is 6. The number of hydrogen-bond donors (Lipinski definition) is 3. The number of carbonyl (C=O) groups is 2. The van der Waals surface area contributed by atoms with Gasteiger partial charge in [-0.1, -0.05) is 18.2 Å². The molecule has 0 bridgehead atoms. The zero-order chi connectivity index (χ0) is 25.6. The van der Waals surface area contributed by atoms with Crippen molar-refractivity contribution >= 4 is 28.9 Å². The molecule has 2 aliphatic rings. The fourth-order valence-electron chi connectivity index (χ4n) is 4.53. The van der Waals surface area contributed by atoms with Crippen molar-refractivity contribution in [1.82, 2.24) is 5.32 Å². The average Bonchev–Trinajstić information content (AvgIpc) is 3.44. The Morgan fingerprint density at radius 3 is 2.54 bits per heavy atom. The van der Waals surface area contributed by atoms with Gasteiger partial charge >= 0.3 is 0 Å². The predicted octanol–water partition coefficient (Wildman–Crippen LogP) is 4.08. The molecule has 8 nitrogen and oxygen atoms in total. The van der Waals surface area contributed by atoms with Crippen molar-refractivity contribution in [3.8, 4) is 5.75 Å². The molecular weight excluding hydrogens is 468 g/mol. The summed E-state index contributed by atoms with van der Waals surface area (Å²) in [5.41, 5.74) is 4.18. The van der Waals surface area contributed by atoms with Gasteiger partial charge in [0.15, 0.2) is 0 Å². The minimum Gasteiger partial charge on any atom is -0.489 e. The van der Waals surface area contributed by atoms with E-state index in [1.165, 1.54) is 0 Å². The number of nitrogens with zero attached hydrogens (tertiary/aromatic N) is 1. The van der Waals surface area contributed by atoms with Gasteiger partial charge in [-0.15, -0.1) is 0 Å². The summed E-state index contributed by atoms with van der Waals surface area (Å²) in [6.45, 7) is 6.69. The van der Waals surface area contributed by atoms with Crippen LogP contribution in [0.3, 0.4) is 0 Å². The van der Waals surface area contributed by atoms with E-state index < -0.39 is 0 Å². The lowest BCUT2D eigenvalue weighted by Gasteiger charge is -2.29. The van der Waals surface area contributed by atoms with Gasteiger partial charge in [0.2, 0.25) is 0 Å². The Bertz CT molecular complexity index is 1270. The molecule has 2 saturated heterocycles. The Morgan fingerprint density at radius 1 is 0.946 bits per heavy atom. The van der Waals surface area contributed by atoms with Crippen molar-refractivity contribution in [2.45, 2.75) is 19.4 Å². The lowest BCUT2D eigenvalue weighted by atomic mass is 10.1. The number of anilines is 3. The number of amides is 2. The van der Waals surface area contributed by atoms with E-state index in [0.29, 0.717) is 35.8 Å². The van der Waals surface area contributed by atoms with Crippen LogP contribution < -0.4 is 25.6 Å². The van der Waals surface area contributed by atoms with Crippen LogP contribution in [0.2, 0.25) is 0 Å².